The van der Waals surface area contributed by atoms with Gasteiger partial charge in [0.1, 0.15) is 37.3 Å². The number of anilines is 4. The standard InChI is InChI=1S/C19H24F3N2O4P.C17H28F3N2O6P/c1-3-27-29(25,28-4-2)13-24-17-11-18(15(10-16(17)23)19(20,21)22)26-12-14-8-6-5-7-9-14;1-4-27-29(23,28-5-2)12-22-15-11-16(26-9-8-25-7-6-24-3)13(10-14(15)21)17(18,19)20/h5-11,24H,3-4,12-13,23H2,1-2H3;10-11,22H,4-9,12,21H2,1-3H3. The molecule has 0 aromatic heterocycles. The maximum Gasteiger partial charge on any atom is 0.420 e. The molecule has 0 aliphatic heterocycles. The van der Waals surface area contributed by atoms with Crippen molar-refractivity contribution >= 4 is 37.9 Å². The molecule has 0 heterocycles. The Bertz CT molecular complexity index is 1760. The van der Waals surface area contributed by atoms with Crippen molar-refractivity contribution in [1.29, 1.82) is 0 Å². The van der Waals surface area contributed by atoms with Gasteiger partial charge in [0.05, 0.1) is 80.1 Å². The summed E-state index contributed by atoms with van der Waals surface area (Å²) in [4.78, 5) is 0. The maximum atomic E-state index is 13.4. The van der Waals surface area contributed by atoms with E-state index in [0.717, 1.165) is 24.3 Å². The quantitative estimate of drug-likeness (QED) is 0.0289. The molecule has 6 N–H and O–H groups in total. The molecule has 0 amide bonds. The van der Waals surface area contributed by atoms with E-state index in [-0.39, 0.29) is 87.3 Å². The molecule has 0 aliphatic carbocycles. The maximum absolute atomic E-state index is 13.4. The number of halogens is 6. The number of ether oxygens (including phenoxy) is 4. The van der Waals surface area contributed by atoms with Gasteiger partial charge in [0, 0.05) is 19.2 Å². The summed E-state index contributed by atoms with van der Waals surface area (Å²) in [5.41, 5.74) is 10.1. The average Bonchev–Trinajstić information content (AvgIpc) is 3.15. The molecule has 328 valence electrons. The lowest BCUT2D eigenvalue weighted by Gasteiger charge is -2.21. The van der Waals surface area contributed by atoms with E-state index < -0.39 is 44.4 Å². The second-order valence-electron chi connectivity index (χ2n) is 11.7. The highest BCUT2D eigenvalue weighted by Gasteiger charge is 2.37. The molecule has 0 spiro atoms. The van der Waals surface area contributed by atoms with Gasteiger partial charge in [0.25, 0.3) is 0 Å². The molecule has 0 radical (unpaired) electrons. The average molecular weight is 877 g/mol. The van der Waals surface area contributed by atoms with Crippen molar-refractivity contribution in [3.63, 3.8) is 0 Å². The van der Waals surface area contributed by atoms with Gasteiger partial charge in [-0.25, -0.2) is 0 Å². The summed E-state index contributed by atoms with van der Waals surface area (Å²) in [6, 6.07) is 12.6. The van der Waals surface area contributed by atoms with Crippen molar-refractivity contribution in [2.45, 2.75) is 46.7 Å². The van der Waals surface area contributed by atoms with Crippen molar-refractivity contribution in [3.05, 3.63) is 71.3 Å². The third-order valence-corrected chi connectivity index (χ3v) is 11.0. The Morgan fingerprint density at radius 2 is 1.02 bits per heavy atom. The molecular formula is C36H52F6N4O10P2. The van der Waals surface area contributed by atoms with Crippen molar-refractivity contribution in [1.82, 2.24) is 0 Å². The monoisotopic (exact) mass is 876 g/mol. The van der Waals surface area contributed by atoms with Gasteiger partial charge in [-0.2, -0.15) is 26.3 Å². The van der Waals surface area contributed by atoms with Crippen LogP contribution in [0, 0.1) is 0 Å². The summed E-state index contributed by atoms with van der Waals surface area (Å²) in [7, 11) is -5.41. The minimum Gasteiger partial charge on any atom is -0.490 e. The first-order chi connectivity index (χ1) is 27.3. The van der Waals surface area contributed by atoms with Crippen molar-refractivity contribution < 1.29 is 72.5 Å². The third-order valence-electron chi connectivity index (χ3n) is 7.30. The minimum atomic E-state index is -4.66. The highest BCUT2D eigenvalue weighted by Crippen LogP contribution is 2.50. The van der Waals surface area contributed by atoms with Crippen LogP contribution in [0.5, 0.6) is 11.5 Å². The van der Waals surface area contributed by atoms with E-state index in [1.165, 1.54) is 7.11 Å². The van der Waals surface area contributed by atoms with Crippen molar-refractivity contribution in [3.8, 4) is 11.5 Å². The van der Waals surface area contributed by atoms with E-state index in [2.05, 4.69) is 10.6 Å². The number of nitrogen functional groups attached to an aromatic ring is 2. The molecule has 0 saturated carbocycles. The van der Waals surface area contributed by atoms with Crippen LogP contribution in [0.2, 0.25) is 0 Å². The summed E-state index contributed by atoms with van der Waals surface area (Å²) < 4.78 is 147. The highest BCUT2D eigenvalue weighted by molar-refractivity contribution is 7.54. The smallest absolute Gasteiger partial charge is 0.420 e. The van der Waals surface area contributed by atoms with E-state index in [0.29, 0.717) is 18.8 Å². The molecule has 0 unspecified atom stereocenters. The largest absolute Gasteiger partial charge is 0.490 e. The van der Waals surface area contributed by atoms with Crippen molar-refractivity contribution in [2.75, 3.05) is 94.6 Å². The second-order valence-corrected chi connectivity index (χ2v) is 15.8. The van der Waals surface area contributed by atoms with Crippen LogP contribution in [-0.2, 0) is 55.7 Å². The van der Waals surface area contributed by atoms with Crippen LogP contribution < -0.4 is 31.6 Å². The fourth-order valence-electron chi connectivity index (χ4n) is 4.78. The van der Waals surface area contributed by atoms with Gasteiger partial charge in [-0.3, -0.25) is 9.13 Å². The number of benzene rings is 3. The zero-order chi connectivity index (χ0) is 43.4. The molecule has 0 saturated heterocycles. The van der Waals surface area contributed by atoms with Crippen LogP contribution in [0.15, 0.2) is 54.6 Å². The Labute approximate surface area is 334 Å². The van der Waals surface area contributed by atoms with E-state index >= 15 is 0 Å². The predicted molar refractivity (Wildman–Crippen MR) is 209 cm³/mol. The molecule has 3 aromatic carbocycles. The number of hydrogen-bond acceptors (Lipinski definition) is 14. The Kier molecular flexibility index (Phi) is 21.2. The van der Waals surface area contributed by atoms with E-state index in [4.69, 9.17) is 48.5 Å². The number of nitrogens with two attached hydrogens (primary N) is 2. The molecule has 58 heavy (non-hydrogen) atoms. The summed E-state index contributed by atoms with van der Waals surface area (Å²) in [5, 5.41) is 5.48. The van der Waals surface area contributed by atoms with Crippen LogP contribution in [-0.4, -0.2) is 72.5 Å². The number of alkyl halides is 6. The van der Waals surface area contributed by atoms with Gasteiger partial charge in [-0.15, -0.1) is 0 Å². The molecule has 0 atom stereocenters. The van der Waals surface area contributed by atoms with Gasteiger partial charge < -0.3 is 59.1 Å². The first-order valence-electron chi connectivity index (χ1n) is 18.0. The number of nitrogens with one attached hydrogen (secondary N) is 2. The molecule has 0 fully saturated rings. The Balaban J connectivity index is 0.000000400. The normalized spacial score (nSPS) is 12.1. The van der Waals surface area contributed by atoms with Gasteiger partial charge >= 0.3 is 27.5 Å². The lowest BCUT2D eigenvalue weighted by atomic mass is 10.1. The van der Waals surface area contributed by atoms with E-state index in [1.54, 1.807) is 58.0 Å². The number of methoxy groups -OCH3 is 1. The topological polar surface area (TPSA) is 184 Å². The molecule has 22 heteroatoms. The summed E-state index contributed by atoms with van der Waals surface area (Å²) >= 11 is 0. The number of hydrogen-bond donors (Lipinski definition) is 4. The minimum absolute atomic E-state index is 0.0519. The molecule has 0 aliphatic rings. The molecule has 0 bridgehead atoms. The molecular weight excluding hydrogens is 824 g/mol. The summed E-state index contributed by atoms with van der Waals surface area (Å²) in [6.07, 6.45) is -9.82. The summed E-state index contributed by atoms with van der Waals surface area (Å²) in [6.45, 7) is 7.83. The Hall–Kier alpha value is -3.74. The second kappa shape index (κ2) is 24.4. The molecule has 14 nitrogen and oxygen atoms in total. The summed E-state index contributed by atoms with van der Waals surface area (Å²) in [5.74, 6) is -0.812. The van der Waals surface area contributed by atoms with E-state index in [1.807, 2.05) is 0 Å². The van der Waals surface area contributed by atoms with Crippen LogP contribution in [0.25, 0.3) is 0 Å². The zero-order valence-corrected chi connectivity index (χ0v) is 34.7. The molecule has 3 rings (SSSR count). The molecule has 3 aromatic rings. The van der Waals surface area contributed by atoms with Crippen LogP contribution in [0.1, 0.15) is 44.4 Å². The van der Waals surface area contributed by atoms with Gasteiger partial charge in [0.15, 0.2) is 0 Å². The predicted octanol–water partition coefficient (Wildman–Crippen LogP) is 9.47. The first kappa shape index (κ1) is 50.4. The van der Waals surface area contributed by atoms with Crippen molar-refractivity contribution in [2.24, 2.45) is 0 Å². The fourth-order valence-corrected chi connectivity index (χ4v) is 7.60. The first-order valence-corrected chi connectivity index (χ1v) is 21.4. The zero-order valence-electron chi connectivity index (χ0n) is 32.9. The van der Waals surface area contributed by atoms with Gasteiger partial charge in [-0.1, -0.05) is 30.3 Å². The van der Waals surface area contributed by atoms with E-state index in [9.17, 15) is 35.5 Å². The third kappa shape index (κ3) is 17.2. The lowest BCUT2D eigenvalue weighted by Crippen LogP contribution is -2.15. The van der Waals surface area contributed by atoms with Gasteiger partial charge in [0.2, 0.25) is 0 Å². The van der Waals surface area contributed by atoms with Crippen LogP contribution in [0.3, 0.4) is 0 Å². The number of rotatable bonds is 24. The van der Waals surface area contributed by atoms with Crippen LogP contribution >= 0.6 is 15.2 Å². The van der Waals surface area contributed by atoms with Crippen LogP contribution in [0.4, 0.5) is 49.1 Å². The highest BCUT2D eigenvalue weighted by atomic mass is 31.2. The SMILES string of the molecule is CCOP(=O)(CNc1cc(OCCOCCOC)c(C(F)(F)F)cc1N)OCC.CCOP(=O)(CNc1cc(OCc2ccccc2)c(C(F)(F)F)cc1N)OCC. The fraction of sp³-hybridized carbons (Fsp3) is 0.500. The Morgan fingerprint density at radius 3 is 1.41 bits per heavy atom. The lowest BCUT2D eigenvalue weighted by molar-refractivity contribution is -0.139. The van der Waals surface area contributed by atoms with Gasteiger partial charge in [-0.05, 0) is 45.4 Å². The Morgan fingerprint density at radius 1 is 0.603 bits per heavy atom.